The normalized spacial score (nSPS) is 10.7. The van der Waals surface area contributed by atoms with Crippen molar-refractivity contribution < 1.29 is 24.9 Å². The molecule has 5 heteroatoms. The van der Waals surface area contributed by atoms with Gasteiger partial charge in [-0.3, -0.25) is 9.59 Å². The Morgan fingerprint density at radius 3 is 1.52 bits per heavy atom. The first kappa shape index (κ1) is 20.1. The van der Waals surface area contributed by atoms with Crippen molar-refractivity contribution in [1.82, 2.24) is 0 Å². The van der Waals surface area contributed by atoms with Gasteiger partial charge in [0.2, 0.25) is 0 Å². The van der Waals surface area contributed by atoms with Gasteiger partial charge in [-0.25, -0.2) is 0 Å². The summed E-state index contributed by atoms with van der Waals surface area (Å²) < 4.78 is 0. The first-order valence-electron chi connectivity index (χ1n) is 9.33. The molecule has 0 heterocycles. The number of phenolic OH excluding ortho intramolecular Hbond substituents is 3. The van der Waals surface area contributed by atoms with Crippen molar-refractivity contribution in [2.24, 2.45) is 0 Å². The zero-order valence-corrected chi connectivity index (χ0v) is 16.1. The Bertz CT molecular complexity index is 988. The van der Waals surface area contributed by atoms with Gasteiger partial charge in [0, 0.05) is 12.8 Å². The molecule has 148 valence electrons. The molecule has 0 aliphatic rings. The van der Waals surface area contributed by atoms with Crippen LogP contribution in [0.25, 0.3) is 0 Å². The van der Waals surface area contributed by atoms with Gasteiger partial charge in [0.1, 0.15) is 17.2 Å². The van der Waals surface area contributed by atoms with E-state index in [1.807, 2.05) is 19.1 Å². The van der Waals surface area contributed by atoms with Gasteiger partial charge in [0.25, 0.3) is 0 Å². The average Bonchev–Trinajstić information content (AvgIpc) is 2.73. The number of aryl methyl sites for hydroxylation is 1. The number of aldehydes is 2. The number of hydrogen-bond acceptors (Lipinski definition) is 5. The first-order valence-corrected chi connectivity index (χ1v) is 9.33. The fourth-order valence-corrected chi connectivity index (χ4v) is 3.36. The molecular formula is C24H22O5. The van der Waals surface area contributed by atoms with Gasteiger partial charge < -0.3 is 15.3 Å². The molecule has 3 rings (SSSR count). The van der Waals surface area contributed by atoms with Crippen LogP contribution in [-0.2, 0) is 19.3 Å². The quantitative estimate of drug-likeness (QED) is 0.526. The van der Waals surface area contributed by atoms with Crippen LogP contribution in [-0.4, -0.2) is 27.9 Å². The number of hydrogen-bond donors (Lipinski definition) is 3. The van der Waals surface area contributed by atoms with E-state index in [1.165, 1.54) is 12.1 Å². The van der Waals surface area contributed by atoms with Crippen LogP contribution in [0.5, 0.6) is 17.2 Å². The van der Waals surface area contributed by atoms with E-state index in [1.54, 1.807) is 24.3 Å². The summed E-state index contributed by atoms with van der Waals surface area (Å²) in [7, 11) is 0. The van der Waals surface area contributed by atoms with Gasteiger partial charge in [-0.1, -0.05) is 31.2 Å². The highest BCUT2D eigenvalue weighted by Crippen LogP contribution is 2.31. The molecule has 0 saturated carbocycles. The van der Waals surface area contributed by atoms with Gasteiger partial charge in [0.15, 0.2) is 12.6 Å². The van der Waals surface area contributed by atoms with Gasteiger partial charge in [0.05, 0.1) is 11.1 Å². The van der Waals surface area contributed by atoms with E-state index in [2.05, 4.69) is 0 Å². The topological polar surface area (TPSA) is 94.8 Å². The Hall–Kier alpha value is -3.60. The summed E-state index contributed by atoms with van der Waals surface area (Å²) >= 11 is 0. The number of rotatable bonds is 7. The minimum atomic E-state index is -0.0747. The molecule has 0 aromatic heterocycles. The molecular weight excluding hydrogens is 368 g/mol. The number of carbonyl (C=O) groups is 2. The molecule has 0 amide bonds. The van der Waals surface area contributed by atoms with Gasteiger partial charge in [-0.2, -0.15) is 0 Å². The average molecular weight is 390 g/mol. The number of benzene rings is 3. The van der Waals surface area contributed by atoms with Gasteiger partial charge in [-0.05, 0) is 58.5 Å². The van der Waals surface area contributed by atoms with Crippen molar-refractivity contribution in [3.05, 3.63) is 87.5 Å². The molecule has 0 fully saturated rings. The van der Waals surface area contributed by atoms with Crippen molar-refractivity contribution in [2.75, 3.05) is 0 Å². The second kappa shape index (κ2) is 8.61. The van der Waals surface area contributed by atoms with Crippen LogP contribution in [0.2, 0.25) is 0 Å². The van der Waals surface area contributed by atoms with Crippen LogP contribution < -0.4 is 0 Å². The van der Waals surface area contributed by atoms with E-state index in [-0.39, 0.29) is 28.4 Å². The Kier molecular flexibility index (Phi) is 5.98. The monoisotopic (exact) mass is 390 g/mol. The molecule has 3 aromatic carbocycles. The summed E-state index contributed by atoms with van der Waals surface area (Å²) in [5.74, 6) is 0.00669. The fraction of sp³-hybridized carbons (Fsp3) is 0.167. The smallest absolute Gasteiger partial charge is 0.153 e. The van der Waals surface area contributed by atoms with Crippen LogP contribution in [0.15, 0.2) is 48.5 Å². The van der Waals surface area contributed by atoms with Crippen LogP contribution in [0.4, 0.5) is 0 Å². The maximum Gasteiger partial charge on any atom is 0.153 e. The molecule has 29 heavy (non-hydrogen) atoms. The van der Waals surface area contributed by atoms with Crippen molar-refractivity contribution in [3.8, 4) is 17.2 Å². The van der Waals surface area contributed by atoms with Crippen LogP contribution in [0, 0.1) is 0 Å². The molecule has 0 aliphatic heterocycles. The molecule has 0 saturated heterocycles. The summed E-state index contributed by atoms with van der Waals surface area (Å²) in [4.78, 5) is 22.2. The van der Waals surface area contributed by atoms with E-state index in [0.29, 0.717) is 25.4 Å². The number of aromatic hydroxyl groups is 3. The largest absolute Gasteiger partial charge is 0.507 e. The molecule has 0 atom stereocenters. The summed E-state index contributed by atoms with van der Waals surface area (Å²) in [6.45, 7) is 2.02. The summed E-state index contributed by atoms with van der Waals surface area (Å²) in [6, 6.07) is 13.5. The molecule has 0 bridgehead atoms. The summed E-state index contributed by atoms with van der Waals surface area (Å²) in [6.07, 6.45) is 2.79. The highest BCUT2D eigenvalue weighted by Gasteiger charge is 2.13. The Morgan fingerprint density at radius 1 is 0.690 bits per heavy atom. The first-order chi connectivity index (χ1) is 13.9. The third kappa shape index (κ3) is 4.46. The minimum Gasteiger partial charge on any atom is -0.507 e. The zero-order chi connectivity index (χ0) is 21.0. The van der Waals surface area contributed by atoms with E-state index < -0.39 is 0 Å². The molecule has 0 spiro atoms. The molecule has 3 N–H and O–H groups in total. The van der Waals surface area contributed by atoms with Crippen molar-refractivity contribution in [2.45, 2.75) is 26.2 Å². The number of phenols is 3. The molecule has 3 aromatic rings. The zero-order valence-electron chi connectivity index (χ0n) is 16.1. The lowest BCUT2D eigenvalue weighted by atomic mass is 9.93. The lowest BCUT2D eigenvalue weighted by Gasteiger charge is -2.14. The van der Waals surface area contributed by atoms with Crippen LogP contribution in [0.3, 0.4) is 0 Å². The third-order valence-electron chi connectivity index (χ3n) is 4.96. The summed E-state index contributed by atoms with van der Waals surface area (Å²) in [5, 5.41) is 30.2. The third-order valence-corrected chi connectivity index (χ3v) is 4.96. The standard InChI is InChI=1S/C24H22O5/c1-2-15-7-18(9-16-3-5-22(27)20(11-16)13-25)24(29)19(8-15)10-17-4-6-23(28)21(12-17)14-26/h3-8,11-14,27-29H,2,9-10H2,1H3. The Balaban J connectivity index is 1.97. The van der Waals surface area contributed by atoms with Crippen LogP contribution in [0.1, 0.15) is 55.5 Å². The predicted molar refractivity (Wildman–Crippen MR) is 110 cm³/mol. The SMILES string of the molecule is CCc1cc(Cc2ccc(O)c(C=O)c2)c(O)c(Cc2ccc(O)c(C=O)c2)c1. The molecule has 0 unspecified atom stereocenters. The highest BCUT2D eigenvalue weighted by molar-refractivity contribution is 5.80. The Labute approximate surface area is 168 Å². The predicted octanol–water partition coefficient (Wildman–Crippen LogP) is 4.17. The maximum atomic E-state index is 11.1. The van der Waals surface area contributed by atoms with Crippen molar-refractivity contribution in [1.29, 1.82) is 0 Å². The van der Waals surface area contributed by atoms with Crippen molar-refractivity contribution >= 4 is 12.6 Å². The summed E-state index contributed by atoms with van der Waals surface area (Å²) in [5.41, 5.74) is 4.50. The van der Waals surface area contributed by atoms with Gasteiger partial charge in [-0.15, -0.1) is 0 Å². The second-order valence-corrected chi connectivity index (χ2v) is 6.99. The van der Waals surface area contributed by atoms with Gasteiger partial charge >= 0.3 is 0 Å². The van der Waals surface area contributed by atoms with E-state index >= 15 is 0 Å². The molecule has 0 radical (unpaired) electrons. The van der Waals surface area contributed by atoms with Crippen LogP contribution >= 0.6 is 0 Å². The van der Waals surface area contributed by atoms with E-state index in [9.17, 15) is 24.9 Å². The Morgan fingerprint density at radius 2 is 1.14 bits per heavy atom. The van der Waals surface area contributed by atoms with Crippen molar-refractivity contribution in [3.63, 3.8) is 0 Å². The maximum absolute atomic E-state index is 11.1. The number of carbonyl (C=O) groups excluding carboxylic acids is 2. The lowest BCUT2D eigenvalue weighted by molar-refractivity contribution is 0.111. The highest BCUT2D eigenvalue weighted by atomic mass is 16.3. The molecule has 5 nitrogen and oxygen atoms in total. The lowest BCUT2D eigenvalue weighted by Crippen LogP contribution is -1.99. The fourth-order valence-electron chi connectivity index (χ4n) is 3.36. The second-order valence-electron chi connectivity index (χ2n) is 6.99. The van der Waals surface area contributed by atoms with E-state index in [0.717, 1.165) is 34.2 Å². The minimum absolute atomic E-state index is 0.0747. The molecule has 0 aliphatic carbocycles. The van der Waals surface area contributed by atoms with E-state index in [4.69, 9.17) is 0 Å².